The largest absolute Gasteiger partial charge is 0.491 e. The zero-order valence-corrected chi connectivity index (χ0v) is 19.9. The van der Waals surface area contributed by atoms with E-state index in [1.807, 2.05) is 36.4 Å². The Bertz CT molecular complexity index is 859. The van der Waals surface area contributed by atoms with Gasteiger partial charge in [-0.15, -0.1) is 0 Å². The molecule has 0 saturated carbocycles. The van der Waals surface area contributed by atoms with E-state index in [4.69, 9.17) is 9.47 Å². The second-order valence-corrected chi connectivity index (χ2v) is 8.48. The number of hydrogen-bond acceptors (Lipinski definition) is 6. The lowest BCUT2D eigenvalue weighted by Crippen LogP contribution is -2.33. The number of rotatable bonds is 14. The first-order valence-corrected chi connectivity index (χ1v) is 11.8. The van der Waals surface area contributed by atoms with Crippen LogP contribution in [0.1, 0.15) is 37.1 Å². The summed E-state index contributed by atoms with van der Waals surface area (Å²) in [5.41, 5.74) is 2.36. The molecule has 0 amide bonds. The van der Waals surface area contributed by atoms with Gasteiger partial charge in [-0.25, -0.2) is 0 Å². The van der Waals surface area contributed by atoms with Gasteiger partial charge in [0, 0.05) is 25.2 Å². The third-order valence-corrected chi connectivity index (χ3v) is 5.63. The van der Waals surface area contributed by atoms with E-state index in [1.54, 1.807) is 24.3 Å². The molecule has 0 aliphatic heterocycles. The molecule has 34 heavy (non-hydrogen) atoms. The molecule has 0 bridgehead atoms. The van der Waals surface area contributed by atoms with Gasteiger partial charge in [-0.1, -0.05) is 60.7 Å². The lowest BCUT2D eigenvalue weighted by atomic mass is 10.1. The van der Waals surface area contributed by atoms with Crippen LogP contribution in [0.2, 0.25) is 0 Å². The summed E-state index contributed by atoms with van der Waals surface area (Å²) in [5.74, 6) is 1.31. The van der Waals surface area contributed by atoms with Crippen molar-refractivity contribution in [2.45, 2.75) is 38.1 Å². The molecule has 3 rings (SSSR count). The average Bonchev–Trinajstić information content (AvgIpc) is 2.89. The Morgan fingerprint density at radius 1 is 0.588 bits per heavy atom. The van der Waals surface area contributed by atoms with Gasteiger partial charge in [0.25, 0.3) is 0 Å². The highest BCUT2D eigenvalue weighted by Gasteiger charge is 2.11. The van der Waals surface area contributed by atoms with Crippen LogP contribution in [-0.4, -0.2) is 48.7 Å². The van der Waals surface area contributed by atoms with E-state index in [0.29, 0.717) is 24.6 Å². The van der Waals surface area contributed by atoms with Crippen molar-refractivity contribution >= 4 is 0 Å². The standard InChI is InChI=1S/C28H36N2O4/c1-21(23-9-5-3-6-10-23)29-17-25(31)19-33-27-13-15-28(16-14-27)34-20-26(32)18-30-22(2)24-11-7-4-8-12-24/h3-16,21-22,25-26,29-32H,17-20H2,1-2H3/t21-,22+,25+,26-. The summed E-state index contributed by atoms with van der Waals surface area (Å²) in [6.45, 7) is 5.40. The fraction of sp³-hybridized carbons (Fsp3) is 0.357. The SMILES string of the molecule is C[C@H](NC[C@@H](O)COc1ccc(OC[C@@H](O)CN[C@H](C)c2ccccc2)cc1)c1ccccc1. The van der Waals surface area contributed by atoms with Crippen molar-refractivity contribution in [2.75, 3.05) is 26.3 Å². The van der Waals surface area contributed by atoms with Crippen molar-refractivity contribution in [2.24, 2.45) is 0 Å². The first-order chi connectivity index (χ1) is 16.5. The predicted octanol–water partition coefficient (Wildman–Crippen LogP) is 3.87. The summed E-state index contributed by atoms with van der Waals surface area (Å²) in [7, 11) is 0. The van der Waals surface area contributed by atoms with E-state index in [1.165, 1.54) is 11.1 Å². The summed E-state index contributed by atoms with van der Waals surface area (Å²) in [6, 6.07) is 27.7. The molecule has 0 unspecified atom stereocenters. The Labute approximate surface area is 202 Å². The number of ether oxygens (including phenoxy) is 2. The molecule has 0 saturated heterocycles. The van der Waals surface area contributed by atoms with Gasteiger partial charge in [-0.3, -0.25) is 0 Å². The van der Waals surface area contributed by atoms with Gasteiger partial charge in [-0.05, 0) is 49.2 Å². The molecule has 0 aromatic heterocycles. The summed E-state index contributed by atoms with van der Waals surface area (Å²) in [5, 5.41) is 27.1. The summed E-state index contributed by atoms with van der Waals surface area (Å²) in [4.78, 5) is 0. The molecule has 0 spiro atoms. The second kappa shape index (κ2) is 13.7. The number of nitrogens with one attached hydrogen (secondary N) is 2. The Morgan fingerprint density at radius 2 is 0.941 bits per heavy atom. The van der Waals surface area contributed by atoms with Crippen molar-refractivity contribution in [1.29, 1.82) is 0 Å². The number of aliphatic hydroxyl groups excluding tert-OH is 2. The third kappa shape index (κ3) is 8.80. The Balaban J connectivity index is 1.32. The molecule has 0 aliphatic carbocycles. The quantitative estimate of drug-likeness (QED) is 0.290. The van der Waals surface area contributed by atoms with Crippen LogP contribution in [0.3, 0.4) is 0 Å². The van der Waals surface area contributed by atoms with E-state index >= 15 is 0 Å². The zero-order valence-electron chi connectivity index (χ0n) is 19.9. The third-order valence-electron chi connectivity index (χ3n) is 5.63. The van der Waals surface area contributed by atoms with Crippen LogP contribution in [-0.2, 0) is 0 Å². The lowest BCUT2D eigenvalue weighted by Gasteiger charge is -2.18. The highest BCUT2D eigenvalue weighted by Crippen LogP contribution is 2.18. The van der Waals surface area contributed by atoms with Gasteiger partial charge in [0.1, 0.15) is 36.9 Å². The van der Waals surface area contributed by atoms with Gasteiger partial charge < -0.3 is 30.3 Å². The molecule has 0 fully saturated rings. The van der Waals surface area contributed by atoms with E-state index < -0.39 is 12.2 Å². The number of benzene rings is 3. The van der Waals surface area contributed by atoms with Crippen LogP contribution >= 0.6 is 0 Å². The first kappa shape index (κ1) is 25.7. The molecule has 0 radical (unpaired) electrons. The van der Waals surface area contributed by atoms with Crippen molar-refractivity contribution in [3.05, 3.63) is 96.1 Å². The topological polar surface area (TPSA) is 83.0 Å². The van der Waals surface area contributed by atoms with Crippen LogP contribution in [0.25, 0.3) is 0 Å². The van der Waals surface area contributed by atoms with E-state index in [9.17, 15) is 10.2 Å². The highest BCUT2D eigenvalue weighted by atomic mass is 16.5. The molecule has 6 heteroatoms. The monoisotopic (exact) mass is 464 g/mol. The number of hydrogen-bond donors (Lipinski definition) is 4. The van der Waals surface area contributed by atoms with E-state index in [-0.39, 0.29) is 25.3 Å². The Kier molecular flexibility index (Phi) is 10.4. The van der Waals surface area contributed by atoms with Crippen LogP contribution in [0, 0.1) is 0 Å². The summed E-state index contributed by atoms with van der Waals surface area (Å²) < 4.78 is 11.4. The van der Waals surface area contributed by atoms with Crippen LogP contribution < -0.4 is 20.1 Å². The van der Waals surface area contributed by atoms with Crippen LogP contribution in [0.4, 0.5) is 0 Å². The van der Waals surface area contributed by atoms with Crippen molar-refractivity contribution < 1.29 is 19.7 Å². The zero-order chi connectivity index (χ0) is 24.2. The fourth-order valence-corrected chi connectivity index (χ4v) is 3.48. The first-order valence-electron chi connectivity index (χ1n) is 11.8. The minimum absolute atomic E-state index is 0.152. The molecule has 3 aromatic carbocycles. The van der Waals surface area contributed by atoms with Crippen LogP contribution in [0.5, 0.6) is 11.5 Å². The maximum Gasteiger partial charge on any atom is 0.119 e. The molecule has 6 nitrogen and oxygen atoms in total. The maximum atomic E-state index is 10.2. The van der Waals surface area contributed by atoms with E-state index in [2.05, 4.69) is 48.7 Å². The van der Waals surface area contributed by atoms with Gasteiger partial charge in [0.2, 0.25) is 0 Å². The molecule has 182 valence electrons. The molecule has 4 N–H and O–H groups in total. The minimum Gasteiger partial charge on any atom is -0.491 e. The molecule has 3 aromatic rings. The predicted molar refractivity (Wildman–Crippen MR) is 135 cm³/mol. The number of aliphatic hydroxyl groups is 2. The normalized spacial score (nSPS) is 14.7. The van der Waals surface area contributed by atoms with Gasteiger partial charge in [0.05, 0.1) is 0 Å². The van der Waals surface area contributed by atoms with Gasteiger partial charge in [-0.2, -0.15) is 0 Å². The second-order valence-electron chi connectivity index (χ2n) is 8.48. The van der Waals surface area contributed by atoms with Gasteiger partial charge in [0.15, 0.2) is 0 Å². The van der Waals surface area contributed by atoms with Crippen LogP contribution in [0.15, 0.2) is 84.9 Å². The smallest absolute Gasteiger partial charge is 0.119 e. The maximum absolute atomic E-state index is 10.2. The summed E-state index contributed by atoms with van der Waals surface area (Å²) in [6.07, 6.45) is -1.24. The fourth-order valence-electron chi connectivity index (χ4n) is 3.48. The minimum atomic E-state index is -0.622. The summed E-state index contributed by atoms with van der Waals surface area (Å²) >= 11 is 0. The molecule has 0 aliphatic rings. The molecule has 0 heterocycles. The highest BCUT2D eigenvalue weighted by molar-refractivity contribution is 5.31. The average molecular weight is 465 g/mol. The van der Waals surface area contributed by atoms with Gasteiger partial charge >= 0.3 is 0 Å². The molecule has 4 atom stereocenters. The Morgan fingerprint density at radius 3 is 1.29 bits per heavy atom. The lowest BCUT2D eigenvalue weighted by molar-refractivity contribution is 0.102. The van der Waals surface area contributed by atoms with E-state index in [0.717, 1.165) is 0 Å². The molecular weight excluding hydrogens is 428 g/mol. The van der Waals surface area contributed by atoms with Crippen molar-refractivity contribution in [1.82, 2.24) is 10.6 Å². The van der Waals surface area contributed by atoms with Crippen molar-refractivity contribution in [3.63, 3.8) is 0 Å². The van der Waals surface area contributed by atoms with Crippen molar-refractivity contribution in [3.8, 4) is 11.5 Å². The Hall–Kier alpha value is -2.90. The molecular formula is C28H36N2O4.